The van der Waals surface area contributed by atoms with E-state index in [1.807, 2.05) is 6.92 Å². The number of nitrogens with two attached hydrogens (primary N) is 1. The molecule has 1 aromatic carbocycles. The van der Waals surface area contributed by atoms with E-state index >= 15 is 0 Å². The quantitative estimate of drug-likeness (QED) is 0.771. The Balaban J connectivity index is 2.47. The molecule has 1 amide bonds. The molecule has 0 saturated heterocycles. The summed E-state index contributed by atoms with van der Waals surface area (Å²) in [5.41, 5.74) is 6.78. The summed E-state index contributed by atoms with van der Waals surface area (Å²) in [6.45, 7) is 4.25. The highest BCUT2D eigenvalue weighted by Gasteiger charge is 2.08. The van der Waals surface area contributed by atoms with Gasteiger partial charge in [0.2, 0.25) is 0 Å². The van der Waals surface area contributed by atoms with Crippen molar-refractivity contribution in [2.24, 2.45) is 5.73 Å². The lowest BCUT2D eigenvalue weighted by Gasteiger charge is -2.08. The summed E-state index contributed by atoms with van der Waals surface area (Å²) < 4.78 is 12.9. The lowest BCUT2D eigenvalue weighted by atomic mass is 10.1. The molecule has 1 atom stereocenters. The number of hydrogen-bond acceptors (Lipinski definition) is 2. The second-order valence-electron chi connectivity index (χ2n) is 4.33. The second-order valence-corrected chi connectivity index (χ2v) is 4.33. The molecule has 0 saturated carbocycles. The van der Waals surface area contributed by atoms with Gasteiger partial charge in [-0.15, -0.1) is 0 Å². The second kappa shape index (κ2) is 6.35. The fourth-order valence-corrected chi connectivity index (χ4v) is 1.60. The standard InChI is InChI=1S/C13H19FN2O/c1-9-8-11(14)5-6-12(9)13(17)16-7-3-4-10(2)15/h5-6,8,10H,3-4,7,15H2,1-2H3,(H,16,17). The van der Waals surface area contributed by atoms with E-state index < -0.39 is 0 Å². The van der Waals surface area contributed by atoms with Gasteiger partial charge in [-0.05, 0) is 50.5 Å². The minimum Gasteiger partial charge on any atom is -0.352 e. The zero-order valence-corrected chi connectivity index (χ0v) is 10.3. The molecule has 0 heterocycles. The van der Waals surface area contributed by atoms with Crippen LogP contribution in [0.25, 0.3) is 0 Å². The molecule has 1 rings (SSSR count). The summed E-state index contributed by atoms with van der Waals surface area (Å²) in [6.07, 6.45) is 1.73. The number of carbonyl (C=O) groups excluding carboxylic acids is 1. The first-order valence-corrected chi connectivity index (χ1v) is 5.80. The molecule has 0 fully saturated rings. The van der Waals surface area contributed by atoms with E-state index in [0.29, 0.717) is 17.7 Å². The van der Waals surface area contributed by atoms with Gasteiger partial charge < -0.3 is 11.1 Å². The topological polar surface area (TPSA) is 55.1 Å². The first-order chi connectivity index (χ1) is 8.00. The number of aryl methyl sites for hydroxylation is 1. The fourth-order valence-electron chi connectivity index (χ4n) is 1.60. The first kappa shape index (κ1) is 13.6. The first-order valence-electron chi connectivity index (χ1n) is 5.80. The average molecular weight is 238 g/mol. The Hall–Kier alpha value is -1.42. The normalized spacial score (nSPS) is 12.2. The van der Waals surface area contributed by atoms with E-state index in [0.717, 1.165) is 12.8 Å². The SMILES string of the molecule is Cc1cc(F)ccc1C(=O)NCCCC(C)N. The zero-order chi connectivity index (χ0) is 12.8. The molecule has 3 nitrogen and oxygen atoms in total. The smallest absolute Gasteiger partial charge is 0.251 e. The van der Waals surface area contributed by atoms with E-state index in [2.05, 4.69) is 5.32 Å². The lowest BCUT2D eigenvalue weighted by Crippen LogP contribution is -2.26. The third kappa shape index (κ3) is 4.53. The van der Waals surface area contributed by atoms with Crippen LogP contribution in [-0.2, 0) is 0 Å². The van der Waals surface area contributed by atoms with E-state index in [4.69, 9.17) is 5.73 Å². The number of rotatable bonds is 5. The lowest BCUT2D eigenvalue weighted by molar-refractivity contribution is 0.0952. The largest absolute Gasteiger partial charge is 0.352 e. The summed E-state index contributed by atoms with van der Waals surface area (Å²) in [5, 5.41) is 2.80. The molecule has 4 heteroatoms. The molecule has 3 N–H and O–H groups in total. The fraction of sp³-hybridized carbons (Fsp3) is 0.462. The van der Waals surface area contributed by atoms with E-state index in [1.165, 1.54) is 18.2 Å². The molecule has 17 heavy (non-hydrogen) atoms. The average Bonchev–Trinajstić information content (AvgIpc) is 2.23. The molecular weight excluding hydrogens is 219 g/mol. The van der Waals surface area contributed by atoms with E-state index in [-0.39, 0.29) is 17.8 Å². The van der Waals surface area contributed by atoms with Gasteiger partial charge in [0.15, 0.2) is 0 Å². The van der Waals surface area contributed by atoms with Crippen molar-refractivity contribution >= 4 is 5.91 Å². The molecule has 1 aromatic rings. The van der Waals surface area contributed by atoms with Crippen LogP contribution in [0.3, 0.4) is 0 Å². The van der Waals surface area contributed by atoms with Gasteiger partial charge in [0, 0.05) is 18.2 Å². The predicted molar refractivity (Wildman–Crippen MR) is 66.4 cm³/mol. The maximum absolute atomic E-state index is 12.9. The summed E-state index contributed by atoms with van der Waals surface area (Å²) in [4.78, 5) is 11.8. The van der Waals surface area contributed by atoms with Crippen LogP contribution in [0, 0.1) is 12.7 Å². The Kier molecular flexibility index (Phi) is 5.10. The van der Waals surface area contributed by atoms with Gasteiger partial charge in [0.25, 0.3) is 5.91 Å². The van der Waals surface area contributed by atoms with Crippen molar-refractivity contribution in [3.63, 3.8) is 0 Å². The third-order valence-electron chi connectivity index (χ3n) is 2.55. The number of carbonyl (C=O) groups is 1. The summed E-state index contributed by atoms with van der Waals surface area (Å²) in [7, 11) is 0. The molecule has 94 valence electrons. The van der Waals surface area contributed by atoms with Crippen molar-refractivity contribution in [3.8, 4) is 0 Å². The minimum atomic E-state index is -0.323. The Bertz CT molecular complexity index is 391. The van der Waals surface area contributed by atoms with Crippen molar-refractivity contribution in [1.82, 2.24) is 5.32 Å². The van der Waals surface area contributed by atoms with Crippen LogP contribution in [0.5, 0.6) is 0 Å². The maximum atomic E-state index is 12.9. The molecule has 0 spiro atoms. The van der Waals surface area contributed by atoms with Gasteiger partial charge in [-0.1, -0.05) is 0 Å². The predicted octanol–water partition coefficient (Wildman–Crippen LogP) is 1.99. The molecule has 0 aliphatic carbocycles. The Morgan fingerprint density at radius 3 is 2.82 bits per heavy atom. The van der Waals surface area contributed by atoms with Crippen LogP contribution >= 0.6 is 0 Å². The van der Waals surface area contributed by atoms with Crippen molar-refractivity contribution in [2.75, 3.05) is 6.54 Å². The summed E-state index contributed by atoms with van der Waals surface area (Å²) in [6, 6.07) is 4.31. The minimum absolute atomic E-state index is 0.152. The zero-order valence-electron chi connectivity index (χ0n) is 10.3. The van der Waals surface area contributed by atoms with Crippen LogP contribution < -0.4 is 11.1 Å². The number of benzene rings is 1. The van der Waals surface area contributed by atoms with Gasteiger partial charge in [0.1, 0.15) is 5.82 Å². The monoisotopic (exact) mass is 238 g/mol. The van der Waals surface area contributed by atoms with E-state index in [1.54, 1.807) is 6.92 Å². The Labute approximate surface area is 101 Å². The third-order valence-corrected chi connectivity index (χ3v) is 2.55. The van der Waals surface area contributed by atoms with E-state index in [9.17, 15) is 9.18 Å². The highest BCUT2D eigenvalue weighted by Crippen LogP contribution is 2.09. The highest BCUT2D eigenvalue weighted by atomic mass is 19.1. The number of amides is 1. The summed E-state index contributed by atoms with van der Waals surface area (Å²) >= 11 is 0. The molecule has 0 aromatic heterocycles. The van der Waals surface area contributed by atoms with Gasteiger partial charge in [-0.2, -0.15) is 0 Å². The molecule has 1 unspecified atom stereocenters. The van der Waals surface area contributed by atoms with Gasteiger partial charge in [0.05, 0.1) is 0 Å². The molecule has 0 radical (unpaired) electrons. The molecule has 0 aliphatic rings. The molecule has 0 aliphatic heterocycles. The molecule has 0 bridgehead atoms. The van der Waals surface area contributed by atoms with Crippen molar-refractivity contribution in [1.29, 1.82) is 0 Å². The van der Waals surface area contributed by atoms with Crippen LogP contribution in [0.1, 0.15) is 35.7 Å². The summed E-state index contributed by atoms with van der Waals surface area (Å²) in [5.74, 6) is -0.483. The van der Waals surface area contributed by atoms with Crippen LogP contribution in [-0.4, -0.2) is 18.5 Å². The van der Waals surface area contributed by atoms with Crippen molar-refractivity contribution in [2.45, 2.75) is 32.7 Å². The highest BCUT2D eigenvalue weighted by molar-refractivity contribution is 5.95. The number of halogens is 1. The van der Waals surface area contributed by atoms with Crippen LogP contribution in [0.4, 0.5) is 4.39 Å². The van der Waals surface area contributed by atoms with Gasteiger partial charge in [-0.25, -0.2) is 4.39 Å². The number of hydrogen-bond donors (Lipinski definition) is 2. The number of nitrogens with one attached hydrogen (secondary N) is 1. The van der Waals surface area contributed by atoms with Crippen LogP contribution in [0.15, 0.2) is 18.2 Å². The Morgan fingerprint density at radius 2 is 2.24 bits per heavy atom. The molecular formula is C13H19FN2O. The maximum Gasteiger partial charge on any atom is 0.251 e. The van der Waals surface area contributed by atoms with Gasteiger partial charge in [-0.3, -0.25) is 4.79 Å². The Morgan fingerprint density at radius 1 is 1.53 bits per heavy atom. The van der Waals surface area contributed by atoms with Crippen molar-refractivity contribution < 1.29 is 9.18 Å². The van der Waals surface area contributed by atoms with Crippen molar-refractivity contribution in [3.05, 3.63) is 35.1 Å². The van der Waals surface area contributed by atoms with Crippen LogP contribution in [0.2, 0.25) is 0 Å². The van der Waals surface area contributed by atoms with Gasteiger partial charge >= 0.3 is 0 Å².